The van der Waals surface area contributed by atoms with Crippen LogP contribution in [-0.2, 0) is 31.8 Å². The summed E-state index contributed by atoms with van der Waals surface area (Å²) in [7, 11) is 0. The molecule has 2 fully saturated rings. The van der Waals surface area contributed by atoms with Crippen LogP contribution in [0.25, 0.3) is 33.2 Å². The number of aliphatic hydroxyl groups is 5. The molecule has 356 valence electrons. The van der Waals surface area contributed by atoms with Gasteiger partial charge >= 0.3 is 0 Å². The Balaban J connectivity index is 1.17. The highest BCUT2D eigenvalue weighted by Gasteiger charge is 2.43. The molecule has 4 aliphatic rings. The van der Waals surface area contributed by atoms with E-state index in [9.17, 15) is 30.3 Å². The fraction of sp³-hybridized carbons (Fsp3) is 0.612. The molecule has 0 amide bonds. The van der Waals surface area contributed by atoms with Gasteiger partial charge in [-0.25, -0.2) is 4.98 Å². The maximum atomic E-state index is 14.3. The Morgan fingerprint density at radius 2 is 1.58 bits per heavy atom. The summed E-state index contributed by atoms with van der Waals surface area (Å²) in [6.45, 7) is 17.0. The van der Waals surface area contributed by atoms with Gasteiger partial charge in [0.1, 0.15) is 35.3 Å². The predicted octanol–water partition coefficient (Wildman–Crippen LogP) is 7.60. The summed E-state index contributed by atoms with van der Waals surface area (Å²) >= 11 is 4.46. The number of nitrogens with zero attached hydrogens (tertiary/aromatic N) is 2. The lowest BCUT2D eigenvalue weighted by atomic mass is 9.98. The number of thioether (sulfide) groups is 3. The molecule has 4 aliphatic heterocycles. The van der Waals surface area contributed by atoms with E-state index in [0.717, 1.165) is 105 Å². The third-order valence-electron chi connectivity index (χ3n) is 13.4. The maximum absolute atomic E-state index is 14.3. The Kier molecular flexibility index (Phi) is 17.1. The molecular formula is C49H68N4O9S3. The van der Waals surface area contributed by atoms with Crippen molar-refractivity contribution in [3.63, 3.8) is 0 Å². The minimum Gasteiger partial charge on any atom is -0.394 e. The van der Waals surface area contributed by atoms with E-state index in [2.05, 4.69) is 69.7 Å². The number of aromatic amines is 2. The van der Waals surface area contributed by atoms with Crippen LogP contribution in [0, 0.1) is 26.7 Å². The van der Waals surface area contributed by atoms with Crippen molar-refractivity contribution >= 4 is 73.6 Å². The van der Waals surface area contributed by atoms with Crippen LogP contribution < -0.4 is 0 Å². The Morgan fingerprint density at radius 1 is 0.846 bits per heavy atom. The molecule has 13 nitrogen and oxygen atoms in total. The predicted molar refractivity (Wildman–Crippen MR) is 263 cm³/mol. The molecule has 8 bridgehead atoms. The Labute approximate surface area is 395 Å². The molecule has 7 heterocycles. The lowest BCUT2D eigenvalue weighted by Gasteiger charge is -2.39. The number of hydrogen-bond acceptors (Lipinski definition) is 14. The van der Waals surface area contributed by atoms with E-state index in [-0.39, 0.29) is 35.3 Å². The second-order valence-corrected chi connectivity index (χ2v) is 21.7. The van der Waals surface area contributed by atoms with Crippen LogP contribution in [0.5, 0.6) is 0 Å². The standard InChI is InChI=1S/C49H68N4O9S3/c1-9-32-26(4)35-21-39-42(30(8)60-12-10-13-65-49-47(58)46(57)45(56)40(23-55)62-49)27(5)36(52-39)19-33-25(3)18-34(50-33)29(7)44-43(28(6)37(53-44)20-38(32)51-35)48(59)64-15-11-14-63-41-17-24(2)16-31(22-54)61-41/h19-21,24-25,30-31,40-41,45-47,49,51-52,54-58H,9-18,22-23H2,1-8H3/t24?,25-,30?,31-,40+,41-,45+,46-,47+,49-/m0/s1. The van der Waals surface area contributed by atoms with Crippen LogP contribution in [0.3, 0.4) is 0 Å². The first-order valence-corrected chi connectivity index (χ1v) is 26.2. The largest absolute Gasteiger partial charge is 0.394 e. The summed E-state index contributed by atoms with van der Waals surface area (Å²) in [6.07, 6.45) is -0.443. The number of H-pyrrole nitrogens is 2. The molecule has 7 rings (SSSR count). The maximum Gasteiger partial charge on any atom is 0.221 e. The minimum atomic E-state index is -1.40. The Morgan fingerprint density at radius 3 is 2.32 bits per heavy atom. The highest BCUT2D eigenvalue weighted by Crippen LogP contribution is 2.39. The van der Waals surface area contributed by atoms with Gasteiger partial charge in [-0.3, -0.25) is 9.78 Å². The van der Waals surface area contributed by atoms with Crippen molar-refractivity contribution in [2.45, 2.75) is 147 Å². The van der Waals surface area contributed by atoms with Gasteiger partial charge in [0.05, 0.1) is 42.4 Å². The highest BCUT2D eigenvalue weighted by molar-refractivity contribution is 8.14. The zero-order chi connectivity index (χ0) is 46.7. The number of nitrogens with one attached hydrogen (secondary N) is 2. The number of carbonyl (C=O) groups is 1. The third kappa shape index (κ3) is 11.1. The molecule has 3 aromatic heterocycles. The Bertz CT molecular complexity index is 2380. The van der Waals surface area contributed by atoms with Crippen molar-refractivity contribution in [2.75, 3.05) is 37.1 Å². The summed E-state index contributed by atoms with van der Waals surface area (Å²) in [5.41, 5.74) is 13.3. The summed E-state index contributed by atoms with van der Waals surface area (Å²) in [6, 6.07) is 6.40. The third-order valence-corrected chi connectivity index (χ3v) is 16.8. The lowest BCUT2D eigenvalue weighted by molar-refractivity contribution is -0.205. The average Bonchev–Trinajstić information content (AvgIpc) is 4.00. The van der Waals surface area contributed by atoms with Gasteiger partial charge in [0.15, 0.2) is 0 Å². The fourth-order valence-corrected chi connectivity index (χ4v) is 12.9. The van der Waals surface area contributed by atoms with E-state index in [1.54, 1.807) is 11.8 Å². The highest BCUT2D eigenvalue weighted by atomic mass is 32.2. The molecule has 7 N–H and O–H groups in total. The van der Waals surface area contributed by atoms with Gasteiger partial charge in [0.25, 0.3) is 0 Å². The quantitative estimate of drug-likeness (QED) is 0.0692. The fourth-order valence-electron chi connectivity index (χ4n) is 9.49. The summed E-state index contributed by atoms with van der Waals surface area (Å²) < 4.78 is 18.2. The van der Waals surface area contributed by atoms with Gasteiger partial charge in [0, 0.05) is 57.3 Å². The molecule has 10 atom stereocenters. The van der Waals surface area contributed by atoms with Gasteiger partial charge < -0.3 is 49.7 Å². The van der Waals surface area contributed by atoms with Crippen LogP contribution >= 0.6 is 35.3 Å². The van der Waals surface area contributed by atoms with Crippen LogP contribution in [0.4, 0.5) is 0 Å². The van der Waals surface area contributed by atoms with Crippen molar-refractivity contribution in [1.82, 2.24) is 19.9 Å². The minimum absolute atomic E-state index is 0.0234. The second-order valence-electron chi connectivity index (χ2n) is 18.1. The van der Waals surface area contributed by atoms with Crippen LogP contribution in [0.2, 0.25) is 0 Å². The number of fused-ring (bicyclic) bond motifs is 8. The number of rotatable bonds is 16. The molecule has 3 aromatic rings. The van der Waals surface area contributed by atoms with Gasteiger partial charge in [-0.2, -0.15) is 0 Å². The molecule has 0 radical (unpaired) electrons. The number of ether oxygens (including phenoxy) is 3. The number of aromatic nitrogens is 4. The van der Waals surface area contributed by atoms with Crippen molar-refractivity contribution in [1.29, 1.82) is 0 Å². The number of hydrogen-bond donors (Lipinski definition) is 7. The summed E-state index contributed by atoms with van der Waals surface area (Å²) in [4.78, 5) is 32.2. The zero-order valence-corrected chi connectivity index (χ0v) is 41.4. The monoisotopic (exact) mass is 952 g/mol. The van der Waals surface area contributed by atoms with E-state index in [1.807, 2.05) is 13.8 Å². The topological polar surface area (TPSA) is 203 Å². The molecule has 0 aliphatic carbocycles. The molecule has 16 heteroatoms. The van der Waals surface area contributed by atoms with Gasteiger partial charge in [-0.1, -0.05) is 32.5 Å². The van der Waals surface area contributed by atoms with E-state index in [1.165, 1.54) is 29.1 Å². The summed E-state index contributed by atoms with van der Waals surface area (Å²) in [5, 5.41) is 50.1. The van der Waals surface area contributed by atoms with Crippen molar-refractivity contribution in [2.24, 2.45) is 5.92 Å². The molecular weight excluding hydrogens is 885 g/mol. The first-order chi connectivity index (χ1) is 31.1. The number of aliphatic hydroxyl groups excluding tert-OH is 5. The van der Waals surface area contributed by atoms with E-state index in [0.29, 0.717) is 41.7 Å². The molecule has 0 spiro atoms. The smallest absolute Gasteiger partial charge is 0.221 e. The number of allylic oxidation sites excluding steroid dienone is 1. The normalized spacial score (nSPS) is 26.5. The lowest BCUT2D eigenvalue weighted by Crippen LogP contribution is -2.57. The van der Waals surface area contributed by atoms with Crippen LogP contribution in [0.1, 0.15) is 123 Å². The molecule has 0 aromatic carbocycles. The van der Waals surface area contributed by atoms with Crippen molar-refractivity contribution in [3.05, 3.63) is 68.8 Å². The van der Waals surface area contributed by atoms with E-state index < -0.39 is 36.5 Å². The van der Waals surface area contributed by atoms with Gasteiger partial charge in [-0.05, 0) is 137 Å². The zero-order valence-electron chi connectivity index (χ0n) is 39.0. The first kappa shape index (κ1) is 50.1. The SMILES string of the molecule is CCc1c(C)c2cc3[nH]c(cc4nc(c(C)c5nc(cc1[nH]2)C(C)=C5C(=O)SCCCS[C@H]1CC(C)C[C@@H](CO)O1)C[C@@H]4C)c(C)c3C(C)OCCCS[C@@H]1O[C@H](CO)[C@@H](O)[C@H](O)[C@H]1O. The van der Waals surface area contributed by atoms with Crippen LogP contribution in [0.15, 0.2) is 18.2 Å². The van der Waals surface area contributed by atoms with E-state index >= 15 is 0 Å². The average molecular weight is 953 g/mol. The van der Waals surface area contributed by atoms with Gasteiger partial charge in [0.2, 0.25) is 5.12 Å². The molecule has 2 unspecified atom stereocenters. The molecule has 2 saturated heterocycles. The first-order valence-electron chi connectivity index (χ1n) is 23.2. The van der Waals surface area contributed by atoms with Crippen molar-refractivity contribution < 1.29 is 44.5 Å². The van der Waals surface area contributed by atoms with Crippen molar-refractivity contribution in [3.8, 4) is 0 Å². The Hall–Kier alpha value is -2.74. The van der Waals surface area contributed by atoms with Crippen LogP contribution in [-0.4, -0.2) is 129 Å². The number of carbonyl (C=O) groups excluding carboxylic acids is 1. The number of aryl methyl sites for hydroxylation is 3. The second kappa shape index (κ2) is 22.1. The van der Waals surface area contributed by atoms with E-state index in [4.69, 9.17) is 24.2 Å². The molecule has 65 heavy (non-hydrogen) atoms. The summed E-state index contributed by atoms with van der Waals surface area (Å²) in [5.74, 6) is 2.80. The van der Waals surface area contributed by atoms with Gasteiger partial charge in [-0.15, -0.1) is 23.5 Å². The molecule has 0 saturated carbocycles.